The minimum Gasteiger partial charge on any atom is -0.480 e. The van der Waals surface area contributed by atoms with Crippen molar-refractivity contribution in [1.29, 1.82) is 0 Å². The summed E-state index contributed by atoms with van der Waals surface area (Å²) in [5, 5.41) is 9.36. The largest absolute Gasteiger partial charge is 0.480 e. The van der Waals surface area contributed by atoms with Crippen molar-refractivity contribution in [3.05, 3.63) is 0 Å². The summed E-state index contributed by atoms with van der Waals surface area (Å²) in [6.45, 7) is 8.79. The summed E-state index contributed by atoms with van der Waals surface area (Å²) in [6.07, 6.45) is -1.78. The molecule has 7 nitrogen and oxygen atoms in total. The Hall–Kier alpha value is -1.34. The molecule has 2 heterocycles. The van der Waals surface area contributed by atoms with Crippen LogP contribution in [0.15, 0.2) is 0 Å². The van der Waals surface area contributed by atoms with Gasteiger partial charge in [0.1, 0.15) is 17.8 Å². The number of amides is 1. The maximum atomic E-state index is 12.1. The fourth-order valence-corrected chi connectivity index (χ4v) is 2.54. The van der Waals surface area contributed by atoms with Gasteiger partial charge in [-0.2, -0.15) is 0 Å². The number of ether oxygens (including phenoxy) is 3. The molecule has 2 fully saturated rings. The Morgan fingerprint density at radius 2 is 1.90 bits per heavy atom. The van der Waals surface area contributed by atoms with Gasteiger partial charge in [-0.25, -0.2) is 9.59 Å². The molecular weight excluding hydrogens is 266 g/mol. The summed E-state index contributed by atoms with van der Waals surface area (Å²) in [5.74, 6) is -1.95. The molecule has 0 aliphatic carbocycles. The van der Waals surface area contributed by atoms with E-state index in [4.69, 9.17) is 14.2 Å². The van der Waals surface area contributed by atoms with E-state index < -0.39 is 41.7 Å². The Kier molecular flexibility index (Phi) is 3.46. The number of carboxylic acid groups (broad SMARTS) is 1. The van der Waals surface area contributed by atoms with Crippen LogP contribution in [-0.4, -0.2) is 58.3 Å². The molecular formula is C13H21NO6. The SMILES string of the molecule is CC(C)(C)OC(=O)N1CC2OC(C)(C)O[C@H]2[C@H]1C(=O)O. The van der Waals surface area contributed by atoms with Crippen LogP contribution in [0.5, 0.6) is 0 Å². The van der Waals surface area contributed by atoms with Crippen molar-refractivity contribution in [2.24, 2.45) is 0 Å². The average molecular weight is 287 g/mol. The Bertz CT molecular complexity index is 427. The van der Waals surface area contributed by atoms with Crippen molar-refractivity contribution < 1.29 is 28.9 Å². The molecule has 0 spiro atoms. The van der Waals surface area contributed by atoms with Crippen LogP contribution < -0.4 is 0 Å². The second-order valence-corrected chi connectivity index (χ2v) is 6.55. The van der Waals surface area contributed by atoms with E-state index in [1.54, 1.807) is 34.6 Å². The fraction of sp³-hybridized carbons (Fsp3) is 0.846. The molecule has 20 heavy (non-hydrogen) atoms. The number of rotatable bonds is 1. The number of aliphatic carboxylic acids is 1. The standard InChI is InChI=1S/C13H21NO6/c1-12(2,3)20-11(17)14-6-7-9(8(14)10(15)16)19-13(4,5)18-7/h7-9H,6H2,1-5H3,(H,15,16)/t7?,8-,9+/m0/s1. The molecule has 7 heteroatoms. The van der Waals surface area contributed by atoms with Gasteiger partial charge in [0.2, 0.25) is 0 Å². The van der Waals surface area contributed by atoms with Gasteiger partial charge >= 0.3 is 12.1 Å². The lowest BCUT2D eigenvalue weighted by Gasteiger charge is -2.29. The van der Waals surface area contributed by atoms with Crippen molar-refractivity contribution in [3.63, 3.8) is 0 Å². The molecule has 1 unspecified atom stereocenters. The van der Waals surface area contributed by atoms with Crippen LogP contribution in [0.3, 0.4) is 0 Å². The van der Waals surface area contributed by atoms with E-state index in [9.17, 15) is 14.7 Å². The molecule has 3 atom stereocenters. The predicted octanol–water partition coefficient (Wildman–Crippen LogP) is 1.21. The molecule has 0 bridgehead atoms. The van der Waals surface area contributed by atoms with Crippen LogP contribution >= 0.6 is 0 Å². The summed E-state index contributed by atoms with van der Waals surface area (Å²) >= 11 is 0. The number of carbonyl (C=O) groups is 2. The van der Waals surface area contributed by atoms with Crippen molar-refractivity contribution in [2.45, 2.75) is 64.3 Å². The van der Waals surface area contributed by atoms with Crippen LogP contribution in [0.25, 0.3) is 0 Å². The Balaban J connectivity index is 2.16. The Morgan fingerprint density at radius 3 is 2.40 bits per heavy atom. The third-order valence-electron chi connectivity index (χ3n) is 3.13. The highest BCUT2D eigenvalue weighted by Crippen LogP contribution is 2.37. The molecule has 2 rings (SSSR count). The third kappa shape index (κ3) is 2.88. The van der Waals surface area contributed by atoms with E-state index in [0.717, 1.165) is 4.90 Å². The first-order valence-electron chi connectivity index (χ1n) is 6.58. The fourth-order valence-electron chi connectivity index (χ4n) is 2.54. The summed E-state index contributed by atoms with van der Waals surface area (Å²) in [7, 11) is 0. The van der Waals surface area contributed by atoms with Crippen molar-refractivity contribution in [2.75, 3.05) is 6.54 Å². The van der Waals surface area contributed by atoms with Gasteiger partial charge in [-0.15, -0.1) is 0 Å². The summed E-state index contributed by atoms with van der Waals surface area (Å²) < 4.78 is 16.5. The lowest BCUT2D eigenvalue weighted by Crippen LogP contribution is -2.48. The smallest absolute Gasteiger partial charge is 0.411 e. The van der Waals surface area contributed by atoms with Gasteiger partial charge in [0.25, 0.3) is 0 Å². The monoisotopic (exact) mass is 287 g/mol. The number of carboxylic acids is 1. The second-order valence-electron chi connectivity index (χ2n) is 6.55. The van der Waals surface area contributed by atoms with Gasteiger partial charge in [-0.1, -0.05) is 0 Å². The highest BCUT2D eigenvalue weighted by molar-refractivity contribution is 5.82. The van der Waals surface area contributed by atoms with Crippen LogP contribution in [0.1, 0.15) is 34.6 Å². The predicted molar refractivity (Wildman–Crippen MR) is 68.2 cm³/mol. The second kappa shape index (κ2) is 4.60. The number of hydrogen-bond acceptors (Lipinski definition) is 5. The third-order valence-corrected chi connectivity index (χ3v) is 3.13. The average Bonchev–Trinajstić information content (AvgIpc) is 2.65. The molecule has 2 saturated heterocycles. The normalized spacial score (nSPS) is 32.0. The first-order valence-corrected chi connectivity index (χ1v) is 6.58. The first kappa shape index (κ1) is 15.1. The first-order chi connectivity index (χ1) is 9.00. The Labute approximate surface area is 117 Å². The van der Waals surface area contributed by atoms with E-state index >= 15 is 0 Å². The quantitative estimate of drug-likeness (QED) is 0.780. The van der Waals surface area contributed by atoms with Crippen LogP contribution in [0, 0.1) is 0 Å². The lowest BCUT2D eigenvalue weighted by atomic mass is 10.1. The molecule has 0 saturated carbocycles. The number of carbonyl (C=O) groups excluding carboxylic acids is 1. The minimum absolute atomic E-state index is 0.153. The van der Waals surface area contributed by atoms with E-state index in [1.165, 1.54) is 0 Å². The van der Waals surface area contributed by atoms with Gasteiger partial charge in [-0.3, -0.25) is 4.90 Å². The van der Waals surface area contributed by atoms with E-state index in [2.05, 4.69) is 0 Å². The maximum absolute atomic E-state index is 12.1. The van der Waals surface area contributed by atoms with Crippen molar-refractivity contribution in [3.8, 4) is 0 Å². The van der Waals surface area contributed by atoms with E-state index in [1.807, 2.05) is 0 Å². The summed E-state index contributed by atoms with van der Waals surface area (Å²) in [6, 6.07) is -1.09. The highest BCUT2D eigenvalue weighted by Gasteiger charge is 2.57. The topological polar surface area (TPSA) is 85.3 Å². The van der Waals surface area contributed by atoms with Crippen LogP contribution in [-0.2, 0) is 19.0 Å². The summed E-state index contributed by atoms with van der Waals surface area (Å²) in [5.41, 5.74) is -0.682. The van der Waals surface area contributed by atoms with E-state index in [-0.39, 0.29) is 6.54 Å². The Morgan fingerprint density at radius 1 is 1.30 bits per heavy atom. The number of likely N-dealkylation sites (tertiary alicyclic amines) is 1. The van der Waals surface area contributed by atoms with Crippen molar-refractivity contribution in [1.82, 2.24) is 4.90 Å². The number of fused-ring (bicyclic) bond motifs is 1. The van der Waals surface area contributed by atoms with E-state index in [0.29, 0.717) is 0 Å². The van der Waals surface area contributed by atoms with Crippen LogP contribution in [0.2, 0.25) is 0 Å². The molecule has 2 aliphatic heterocycles. The number of hydrogen-bond donors (Lipinski definition) is 1. The van der Waals surface area contributed by atoms with Gasteiger partial charge in [0.05, 0.1) is 6.54 Å². The van der Waals surface area contributed by atoms with Crippen LogP contribution in [0.4, 0.5) is 4.79 Å². The molecule has 0 radical (unpaired) electrons. The zero-order valence-electron chi connectivity index (χ0n) is 12.4. The number of nitrogens with zero attached hydrogens (tertiary/aromatic N) is 1. The van der Waals surface area contributed by atoms with Gasteiger partial charge < -0.3 is 19.3 Å². The minimum atomic E-state index is -1.12. The summed E-state index contributed by atoms with van der Waals surface area (Å²) in [4.78, 5) is 24.7. The molecule has 2 aliphatic rings. The zero-order valence-corrected chi connectivity index (χ0v) is 12.4. The van der Waals surface area contributed by atoms with Crippen molar-refractivity contribution >= 4 is 12.1 Å². The molecule has 1 amide bonds. The molecule has 0 aromatic heterocycles. The molecule has 0 aromatic carbocycles. The molecule has 1 N–H and O–H groups in total. The highest BCUT2D eigenvalue weighted by atomic mass is 16.8. The maximum Gasteiger partial charge on any atom is 0.411 e. The molecule has 114 valence electrons. The van der Waals surface area contributed by atoms with Gasteiger partial charge in [0, 0.05) is 0 Å². The zero-order chi connectivity index (χ0) is 15.3. The molecule has 0 aromatic rings. The van der Waals surface area contributed by atoms with Gasteiger partial charge in [0.15, 0.2) is 11.8 Å². The van der Waals surface area contributed by atoms with Gasteiger partial charge in [-0.05, 0) is 34.6 Å². The lowest BCUT2D eigenvalue weighted by molar-refractivity contribution is -0.169.